The number of hydrogen-bond donors (Lipinski definition) is 1. The number of hydrogen-bond acceptors (Lipinski definition) is 2. The Kier molecular flexibility index (Phi) is 3.52. The van der Waals surface area contributed by atoms with E-state index in [1.165, 1.54) is 32.1 Å². The van der Waals surface area contributed by atoms with Gasteiger partial charge in [-0.25, -0.2) is 4.98 Å². The van der Waals surface area contributed by atoms with E-state index in [0.29, 0.717) is 6.04 Å². The molecule has 1 saturated carbocycles. The summed E-state index contributed by atoms with van der Waals surface area (Å²) in [6, 6.07) is 0.655. The van der Waals surface area contributed by atoms with E-state index in [0.717, 1.165) is 17.6 Å². The van der Waals surface area contributed by atoms with E-state index in [4.69, 9.17) is 0 Å². The second-order valence-corrected chi connectivity index (χ2v) is 4.88. The highest BCUT2D eigenvalue weighted by Crippen LogP contribution is 2.37. The molecule has 1 fully saturated rings. The maximum absolute atomic E-state index is 4.52. The minimum atomic E-state index is 0.655. The lowest BCUT2D eigenvalue weighted by Gasteiger charge is -2.32. The summed E-state index contributed by atoms with van der Waals surface area (Å²) in [7, 11) is 1.96. The van der Waals surface area contributed by atoms with Crippen molar-refractivity contribution in [3.8, 4) is 0 Å². The molecule has 1 N–H and O–H groups in total. The van der Waals surface area contributed by atoms with Crippen LogP contribution in [0, 0.1) is 12.8 Å². The zero-order valence-corrected chi connectivity index (χ0v) is 10.7. The van der Waals surface area contributed by atoms with Crippen LogP contribution in [0.3, 0.4) is 0 Å². The minimum Gasteiger partial charge on any atom is -0.359 e. The van der Waals surface area contributed by atoms with Gasteiger partial charge in [0.15, 0.2) is 0 Å². The molecule has 0 bridgehead atoms. The van der Waals surface area contributed by atoms with E-state index in [9.17, 15) is 0 Å². The van der Waals surface area contributed by atoms with Crippen molar-refractivity contribution in [3.05, 3.63) is 11.9 Å². The monoisotopic (exact) mass is 221 g/mol. The van der Waals surface area contributed by atoms with Crippen LogP contribution in [0.1, 0.15) is 50.8 Å². The molecule has 1 aliphatic rings. The smallest absolute Gasteiger partial charge is 0.203 e. The SMILES string of the molecule is CCC1CCCCC1n1cc(C)nc1NC. The van der Waals surface area contributed by atoms with Gasteiger partial charge in [-0.1, -0.05) is 26.2 Å². The van der Waals surface area contributed by atoms with Gasteiger partial charge in [-0.15, -0.1) is 0 Å². The molecule has 2 rings (SSSR count). The highest BCUT2D eigenvalue weighted by molar-refractivity contribution is 5.28. The van der Waals surface area contributed by atoms with E-state index in [-0.39, 0.29) is 0 Å². The summed E-state index contributed by atoms with van der Waals surface area (Å²) in [4.78, 5) is 4.52. The first kappa shape index (κ1) is 11.5. The summed E-state index contributed by atoms with van der Waals surface area (Å²) in [6.07, 6.45) is 8.93. The molecule has 0 amide bonds. The molecule has 0 saturated heterocycles. The molecule has 3 heteroatoms. The predicted octanol–water partition coefficient (Wildman–Crippen LogP) is 3.37. The zero-order chi connectivity index (χ0) is 11.5. The van der Waals surface area contributed by atoms with Crippen LogP contribution >= 0.6 is 0 Å². The van der Waals surface area contributed by atoms with E-state index < -0.39 is 0 Å². The van der Waals surface area contributed by atoms with E-state index >= 15 is 0 Å². The molecule has 1 aromatic rings. The summed E-state index contributed by atoms with van der Waals surface area (Å²) in [6.45, 7) is 4.38. The molecule has 16 heavy (non-hydrogen) atoms. The topological polar surface area (TPSA) is 29.9 Å². The molecule has 3 nitrogen and oxygen atoms in total. The Labute approximate surface area is 98.3 Å². The lowest BCUT2D eigenvalue weighted by Crippen LogP contribution is -2.23. The quantitative estimate of drug-likeness (QED) is 0.848. The molecule has 2 atom stereocenters. The molecule has 0 aliphatic heterocycles. The van der Waals surface area contributed by atoms with Gasteiger partial charge in [-0.2, -0.15) is 0 Å². The zero-order valence-electron chi connectivity index (χ0n) is 10.7. The number of rotatable bonds is 3. The third-order valence-corrected chi connectivity index (χ3v) is 3.83. The van der Waals surface area contributed by atoms with Gasteiger partial charge in [0.25, 0.3) is 0 Å². The Hall–Kier alpha value is -0.990. The molecule has 2 unspecified atom stereocenters. The summed E-state index contributed by atoms with van der Waals surface area (Å²) in [5, 5.41) is 3.21. The predicted molar refractivity (Wildman–Crippen MR) is 67.8 cm³/mol. The first-order valence-electron chi connectivity index (χ1n) is 6.49. The maximum atomic E-state index is 4.52. The van der Waals surface area contributed by atoms with Crippen LogP contribution in [-0.2, 0) is 0 Å². The summed E-state index contributed by atoms with van der Waals surface area (Å²) >= 11 is 0. The number of imidazole rings is 1. The average molecular weight is 221 g/mol. The standard InChI is InChI=1S/C13H23N3/c1-4-11-7-5-6-8-12(11)16-9-10(2)15-13(16)14-3/h9,11-12H,4-8H2,1-3H3,(H,14,15). The Bertz CT molecular complexity index is 343. The van der Waals surface area contributed by atoms with Crippen molar-refractivity contribution in [2.75, 3.05) is 12.4 Å². The molecule has 0 radical (unpaired) electrons. The van der Waals surface area contributed by atoms with Gasteiger partial charge in [0, 0.05) is 19.3 Å². The van der Waals surface area contributed by atoms with Crippen molar-refractivity contribution >= 4 is 5.95 Å². The fourth-order valence-electron chi connectivity index (χ4n) is 2.98. The van der Waals surface area contributed by atoms with Crippen LogP contribution < -0.4 is 5.32 Å². The summed E-state index contributed by atoms with van der Waals surface area (Å²) < 4.78 is 2.36. The van der Waals surface area contributed by atoms with Gasteiger partial charge < -0.3 is 9.88 Å². The fourth-order valence-corrected chi connectivity index (χ4v) is 2.98. The van der Waals surface area contributed by atoms with Crippen LogP contribution in [0.15, 0.2) is 6.20 Å². The lowest BCUT2D eigenvalue weighted by molar-refractivity contribution is 0.234. The Morgan fingerprint density at radius 3 is 2.88 bits per heavy atom. The normalized spacial score (nSPS) is 25.7. The highest BCUT2D eigenvalue weighted by atomic mass is 15.2. The third kappa shape index (κ3) is 2.08. The summed E-state index contributed by atoms with van der Waals surface area (Å²) in [5.41, 5.74) is 1.12. The average Bonchev–Trinajstić information content (AvgIpc) is 2.70. The molecule has 0 spiro atoms. The van der Waals surface area contributed by atoms with Crippen LogP contribution in [0.4, 0.5) is 5.95 Å². The van der Waals surface area contributed by atoms with Gasteiger partial charge in [0.05, 0.1) is 5.69 Å². The molecule has 90 valence electrons. The first-order valence-corrected chi connectivity index (χ1v) is 6.49. The van der Waals surface area contributed by atoms with Crippen molar-refractivity contribution in [2.45, 2.75) is 52.0 Å². The van der Waals surface area contributed by atoms with E-state index in [1.807, 2.05) is 7.05 Å². The number of aromatic nitrogens is 2. The van der Waals surface area contributed by atoms with Crippen LogP contribution in [0.5, 0.6) is 0 Å². The maximum Gasteiger partial charge on any atom is 0.203 e. The van der Waals surface area contributed by atoms with Crippen molar-refractivity contribution in [1.29, 1.82) is 0 Å². The van der Waals surface area contributed by atoms with Crippen molar-refractivity contribution < 1.29 is 0 Å². The van der Waals surface area contributed by atoms with Crippen molar-refractivity contribution in [3.63, 3.8) is 0 Å². The van der Waals surface area contributed by atoms with E-state index in [1.54, 1.807) is 0 Å². The van der Waals surface area contributed by atoms with Gasteiger partial charge in [0.1, 0.15) is 0 Å². The second kappa shape index (κ2) is 4.89. The number of nitrogens with zero attached hydrogens (tertiary/aromatic N) is 2. The van der Waals surface area contributed by atoms with Gasteiger partial charge >= 0.3 is 0 Å². The molecule has 0 aromatic carbocycles. The van der Waals surface area contributed by atoms with E-state index in [2.05, 4.69) is 34.9 Å². The molecule has 1 aliphatic carbocycles. The minimum absolute atomic E-state index is 0.655. The van der Waals surface area contributed by atoms with Gasteiger partial charge in [-0.05, 0) is 25.7 Å². The number of aryl methyl sites for hydroxylation is 1. The first-order chi connectivity index (χ1) is 7.76. The Morgan fingerprint density at radius 1 is 1.44 bits per heavy atom. The molecule has 1 heterocycles. The molecular weight excluding hydrogens is 198 g/mol. The van der Waals surface area contributed by atoms with Crippen molar-refractivity contribution in [2.24, 2.45) is 5.92 Å². The largest absolute Gasteiger partial charge is 0.359 e. The van der Waals surface area contributed by atoms with Crippen molar-refractivity contribution in [1.82, 2.24) is 9.55 Å². The number of anilines is 1. The van der Waals surface area contributed by atoms with Crippen LogP contribution in [0.2, 0.25) is 0 Å². The van der Waals surface area contributed by atoms with Crippen LogP contribution in [0.25, 0.3) is 0 Å². The summed E-state index contributed by atoms with van der Waals surface area (Å²) in [5.74, 6) is 1.86. The Morgan fingerprint density at radius 2 is 2.19 bits per heavy atom. The number of nitrogens with one attached hydrogen (secondary N) is 1. The molecule has 1 aromatic heterocycles. The Balaban J connectivity index is 2.26. The molecular formula is C13H23N3. The lowest BCUT2D eigenvalue weighted by atomic mass is 9.83. The van der Waals surface area contributed by atoms with Gasteiger partial charge in [-0.3, -0.25) is 0 Å². The highest BCUT2D eigenvalue weighted by Gasteiger charge is 2.26. The second-order valence-electron chi connectivity index (χ2n) is 4.88. The van der Waals surface area contributed by atoms with Crippen LogP contribution in [-0.4, -0.2) is 16.6 Å². The fraction of sp³-hybridized carbons (Fsp3) is 0.769. The third-order valence-electron chi connectivity index (χ3n) is 3.83. The van der Waals surface area contributed by atoms with Gasteiger partial charge in [0.2, 0.25) is 5.95 Å².